The molecule has 1 amide bonds. The number of halogens is 1. The number of hydrogen-bond donors (Lipinski definition) is 2. The molecule has 0 aromatic heterocycles. The van der Waals surface area contributed by atoms with E-state index in [2.05, 4.69) is 26.0 Å². The second-order valence-electron chi connectivity index (χ2n) is 4.78. The topological polar surface area (TPSA) is 84.5 Å². The molecule has 0 heterocycles. The summed E-state index contributed by atoms with van der Waals surface area (Å²) >= 11 is 3.23. The zero-order valence-corrected chi connectivity index (χ0v) is 14.0. The average Bonchev–Trinajstić information content (AvgIpc) is 3.22. The monoisotopic (exact) mass is 376 g/mol. The first-order valence-corrected chi connectivity index (χ1v) is 8.82. The number of sulfonamides is 1. The molecular weight excluding hydrogens is 360 g/mol. The van der Waals surface area contributed by atoms with Crippen LogP contribution in [0, 0.1) is 0 Å². The zero-order valence-electron chi connectivity index (χ0n) is 11.6. The highest BCUT2D eigenvalue weighted by Crippen LogP contribution is 2.27. The fourth-order valence-electron chi connectivity index (χ4n) is 1.76. The number of benzene rings is 1. The first-order chi connectivity index (χ1) is 9.92. The van der Waals surface area contributed by atoms with E-state index in [0.717, 1.165) is 12.8 Å². The van der Waals surface area contributed by atoms with E-state index in [-0.39, 0.29) is 35.6 Å². The number of methoxy groups -OCH3 is 1. The predicted molar refractivity (Wildman–Crippen MR) is 81.7 cm³/mol. The van der Waals surface area contributed by atoms with Gasteiger partial charge >= 0.3 is 0 Å². The van der Waals surface area contributed by atoms with Crippen LogP contribution in [0.25, 0.3) is 0 Å². The van der Waals surface area contributed by atoms with Crippen molar-refractivity contribution >= 4 is 31.9 Å². The Hall–Kier alpha value is -1.12. The molecule has 1 aromatic rings. The van der Waals surface area contributed by atoms with Crippen LogP contribution in [0.2, 0.25) is 0 Å². The summed E-state index contributed by atoms with van der Waals surface area (Å²) in [6.07, 6.45) is 2.13. The summed E-state index contributed by atoms with van der Waals surface area (Å²) in [6, 6.07) is 5.00. The Morgan fingerprint density at radius 2 is 2.14 bits per heavy atom. The van der Waals surface area contributed by atoms with Crippen LogP contribution < -0.4 is 14.8 Å². The van der Waals surface area contributed by atoms with Crippen LogP contribution in [-0.4, -0.2) is 34.0 Å². The number of nitrogens with one attached hydrogen (secondary N) is 2. The second kappa shape index (κ2) is 6.76. The van der Waals surface area contributed by atoms with Gasteiger partial charge in [0.15, 0.2) is 0 Å². The van der Waals surface area contributed by atoms with Crippen molar-refractivity contribution in [2.45, 2.75) is 30.2 Å². The van der Waals surface area contributed by atoms with Crippen molar-refractivity contribution in [2.75, 3.05) is 13.7 Å². The fraction of sp³-hybridized carbons (Fsp3) is 0.462. The molecular formula is C13H17BrN2O4S. The van der Waals surface area contributed by atoms with E-state index in [4.69, 9.17) is 4.74 Å². The summed E-state index contributed by atoms with van der Waals surface area (Å²) in [5.74, 6) is 0.120. The summed E-state index contributed by atoms with van der Waals surface area (Å²) in [5.41, 5.74) is 0. The van der Waals surface area contributed by atoms with Crippen LogP contribution >= 0.6 is 15.9 Å². The van der Waals surface area contributed by atoms with Gasteiger partial charge in [-0.1, -0.05) is 15.9 Å². The van der Waals surface area contributed by atoms with E-state index in [9.17, 15) is 13.2 Å². The number of hydrogen-bond acceptors (Lipinski definition) is 4. The third kappa shape index (κ3) is 4.69. The van der Waals surface area contributed by atoms with Crippen molar-refractivity contribution in [1.29, 1.82) is 0 Å². The normalized spacial score (nSPS) is 14.8. The standard InChI is InChI=1S/C13H17BrN2O4S/c1-20-11-5-2-9(14)8-12(11)21(18,19)15-7-6-13(17)16-10-3-4-10/h2,5,8,10,15H,3-4,6-7H2,1H3,(H,16,17). The number of rotatable bonds is 7. The quantitative estimate of drug-likeness (QED) is 0.753. The Morgan fingerprint density at radius 3 is 2.76 bits per heavy atom. The molecule has 116 valence electrons. The van der Waals surface area contributed by atoms with Gasteiger partial charge in [0.25, 0.3) is 0 Å². The van der Waals surface area contributed by atoms with Crippen molar-refractivity contribution in [3.63, 3.8) is 0 Å². The molecule has 0 unspecified atom stereocenters. The van der Waals surface area contributed by atoms with Gasteiger partial charge in [0.05, 0.1) is 7.11 Å². The highest BCUT2D eigenvalue weighted by molar-refractivity contribution is 9.10. The minimum Gasteiger partial charge on any atom is -0.495 e. The van der Waals surface area contributed by atoms with Gasteiger partial charge in [-0.05, 0) is 31.0 Å². The predicted octanol–water partition coefficient (Wildman–Crippen LogP) is 1.40. The minimum absolute atomic E-state index is 0.0435. The summed E-state index contributed by atoms with van der Waals surface area (Å²) in [7, 11) is -2.31. The van der Waals surface area contributed by atoms with Crippen molar-refractivity contribution < 1.29 is 17.9 Å². The van der Waals surface area contributed by atoms with E-state index in [1.54, 1.807) is 12.1 Å². The zero-order chi connectivity index (χ0) is 15.5. The van der Waals surface area contributed by atoms with Crippen molar-refractivity contribution in [2.24, 2.45) is 0 Å². The molecule has 21 heavy (non-hydrogen) atoms. The maximum absolute atomic E-state index is 12.2. The molecule has 0 spiro atoms. The maximum atomic E-state index is 12.2. The van der Waals surface area contributed by atoms with E-state index >= 15 is 0 Å². The summed E-state index contributed by atoms with van der Waals surface area (Å²) in [5, 5.41) is 2.81. The first kappa shape index (κ1) is 16.3. The highest BCUT2D eigenvalue weighted by Gasteiger charge is 2.24. The molecule has 8 heteroatoms. The Bertz CT molecular complexity index is 629. The van der Waals surface area contributed by atoms with Crippen LogP contribution in [0.15, 0.2) is 27.6 Å². The third-order valence-electron chi connectivity index (χ3n) is 3.00. The first-order valence-electron chi connectivity index (χ1n) is 6.55. The average molecular weight is 377 g/mol. The van der Waals surface area contributed by atoms with E-state index in [1.165, 1.54) is 13.2 Å². The highest BCUT2D eigenvalue weighted by atomic mass is 79.9. The smallest absolute Gasteiger partial charge is 0.244 e. The van der Waals surface area contributed by atoms with Crippen LogP contribution in [0.5, 0.6) is 5.75 Å². The summed E-state index contributed by atoms with van der Waals surface area (Å²) in [6.45, 7) is 0.0521. The van der Waals surface area contributed by atoms with E-state index in [0.29, 0.717) is 4.47 Å². The van der Waals surface area contributed by atoms with Gasteiger partial charge in [-0.15, -0.1) is 0 Å². The fourth-order valence-corrected chi connectivity index (χ4v) is 3.50. The maximum Gasteiger partial charge on any atom is 0.244 e. The lowest BCUT2D eigenvalue weighted by molar-refractivity contribution is -0.121. The van der Waals surface area contributed by atoms with Crippen LogP contribution in [0.4, 0.5) is 0 Å². The molecule has 1 aliphatic rings. The lowest BCUT2D eigenvalue weighted by Crippen LogP contribution is -2.31. The minimum atomic E-state index is -3.72. The van der Waals surface area contributed by atoms with Crippen molar-refractivity contribution in [3.05, 3.63) is 22.7 Å². The van der Waals surface area contributed by atoms with E-state index < -0.39 is 10.0 Å². The van der Waals surface area contributed by atoms with Gasteiger partial charge < -0.3 is 10.1 Å². The molecule has 2 rings (SSSR count). The molecule has 0 bridgehead atoms. The SMILES string of the molecule is COc1ccc(Br)cc1S(=O)(=O)NCCC(=O)NC1CC1. The molecule has 6 nitrogen and oxygen atoms in total. The van der Waals surface area contributed by atoms with Gasteiger partial charge in [-0.3, -0.25) is 4.79 Å². The lowest BCUT2D eigenvalue weighted by atomic mass is 10.3. The van der Waals surface area contributed by atoms with Crippen LogP contribution in [0.3, 0.4) is 0 Å². The van der Waals surface area contributed by atoms with Crippen molar-refractivity contribution in [3.8, 4) is 5.75 Å². The Balaban J connectivity index is 1.97. The molecule has 1 aromatic carbocycles. The number of ether oxygens (including phenoxy) is 1. The molecule has 0 radical (unpaired) electrons. The number of carbonyl (C=O) groups excluding carboxylic acids is 1. The molecule has 0 saturated heterocycles. The Morgan fingerprint density at radius 1 is 1.43 bits per heavy atom. The van der Waals surface area contributed by atoms with Gasteiger partial charge in [0, 0.05) is 23.5 Å². The van der Waals surface area contributed by atoms with Gasteiger partial charge in [0.1, 0.15) is 10.6 Å². The molecule has 0 atom stereocenters. The van der Waals surface area contributed by atoms with Crippen molar-refractivity contribution in [1.82, 2.24) is 10.0 Å². The number of amides is 1. The Kier molecular flexibility index (Phi) is 5.23. The third-order valence-corrected chi connectivity index (χ3v) is 4.98. The molecule has 1 saturated carbocycles. The van der Waals surface area contributed by atoms with E-state index in [1.807, 2.05) is 0 Å². The van der Waals surface area contributed by atoms with Gasteiger partial charge in [-0.25, -0.2) is 13.1 Å². The van der Waals surface area contributed by atoms with Crippen LogP contribution in [-0.2, 0) is 14.8 Å². The largest absolute Gasteiger partial charge is 0.495 e. The van der Waals surface area contributed by atoms with Gasteiger partial charge in [-0.2, -0.15) is 0 Å². The van der Waals surface area contributed by atoms with Crippen LogP contribution in [0.1, 0.15) is 19.3 Å². The summed E-state index contributed by atoms with van der Waals surface area (Å²) in [4.78, 5) is 11.6. The molecule has 1 fully saturated rings. The molecule has 1 aliphatic carbocycles. The van der Waals surface area contributed by atoms with Gasteiger partial charge in [0.2, 0.25) is 15.9 Å². The second-order valence-corrected chi connectivity index (χ2v) is 7.44. The lowest BCUT2D eigenvalue weighted by Gasteiger charge is -2.11. The molecule has 0 aliphatic heterocycles. The number of carbonyl (C=O) groups is 1. The summed E-state index contributed by atoms with van der Waals surface area (Å²) < 4.78 is 32.6. The Labute approximate surface area is 132 Å². The molecule has 2 N–H and O–H groups in total.